The molecule has 0 saturated heterocycles. The lowest BCUT2D eigenvalue weighted by molar-refractivity contribution is -0.139. The number of likely N-dealkylation sites (N-methyl/N-ethyl adjacent to an activating group) is 1. The molecule has 0 atom stereocenters. The molecule has 7 heteroatoms. The number of aromatic nitrogens is 2. The van der Waals surface area contributed by atoms with Crippen molar-refractivity contribution in [3.63, 3.8) is 0 Å². The van der Waals surface area contributed by atoms with E-state index in [1.807, 2.05) is 11.8 Å². The van der Waals surface area contributed by atoms with E-state index in [0.717, 1.165) is 0 Å². The molecule has 0 radical (unpaired) electrons. The number of carbonyl (C=O) groups is 1. The van der Waals surface area contributed by atoms with Gasteiger partial charge in [0.2, 0.25) is 5.88 Å². The predicted molar refractivity (Wildman–Crippen MR) is 60.1 cm³/mol. The quantitative estimate of drug-likeness (QED) is 0.680. The van der Waals surface area contributed by atoms with Gasteiger partial charge in [-0.1, -0.05) is 0 Å². The molecule has 0 unspecified atom stereocenters. The summed E-state index contributed by atoms with van der Waals surface area (Å²) in [5, 5.41) is 24.9. The van der Waals surface area contributed by atoms with Crippen molar-refractivity contribution in [3.8, 4) is 5.88 Å². The van der Waals surface area contributed by atoms with Crippen LogP contribution in [0.3, 0.4) is 0 Å². The number of carboxylic acids is 1. The molecule has 17 heavy (non-hydrogen) atoms. The Morgan fingerprint density at radius 3 is 2.71 bits per heavy atom. The molecule has 1 aromatic rings. The Kier molecular flexibility index (Phi) is 5.15. The molecule has 0 amide bonds. The Balaban J connectivity index is 2.62. The fraction of sp³-hybridized carbons (Fsp3) is 0.500. The lowest BCUT2D eigenvalue weighted by Gasteiger charge is -2.19. The molecule has 1 rings (SSSR count). The van der Waals surface area contributed by atoms with Crippen molar-refractivity contribution in [2.24, 2.45) is 0 Å². The summed E-state index contributed by atoms with van der Waals surface area (Å²) >= 11 is 0. The molecule has 7 nitrogen and oxygen atoms in total. The van der Waals surface area contributed by atoms with Crippen molar-refractivity contribution in [1.29, 1.82) is 0 Å². The summed E-state index contributed by atoms with van der Waals surface area (Å²) in [5.41, 5.74) is 0. The third-order valence-electron chi connectivity index (χ3n) is 2.05. The molecule has 0 bridgehead atoms. The Bertz CT molecular complexity index is 355. The number of anilines is 1. The summed E-state index contributed by atoms with van der Waals surface area (Å²) in [5.74, 6) is -0.285. The summed E-state index contributed by atoms with van der Waals surface area (Å²) in [6, 6.07) is 3.22. The molecule has 0 saturated carbocycles. The largest absolute Gasteiger partial charge is 0.479 e. The van der Waals surface area contributed by atoms with Gasteiger partial charge in [0.25, 0.3) is 0 Å². The van der Waals surface area contributed by atoms with Crippen LogP contribution in [-0.2, 0) is 4.79 Å². The van der Waals surface area contributed by atoms with Crippen LogP contribution in [0.1, 0.15) is 6.92 Å². The third-order valence-corrected chi connectivity index (χ3v) is 2.05. The highest BCUT2D eigenvalue weighted by atomic mass is 16.5. The number of nitrogens with zero attached hydrogens (tertiary/aromatic N) is 3. The zero-order chi connectivity index (χ0) is 12.7. The lowest BCUT2D eigenvalue weighted by Crippen LogP contribution is -2.27. The second-order valence-electron chi connectivity index (χ2n) is 3.22. The van der Waals surface area contributed by atoms with Gasteiger partial charge in [-0.3, -0.25) is 0 Å². The average Bonchev–Trinajstić information content (AvgIpc) is 2.34. The minimum atomic E-state index is -1.06. The number of aliphatic carboxylic acids is 1. The minimum Gasteiger partial charge on any atom is -0.479 e. The van der Waals surface area contributed by atoms with Gasteiger partial charge in [-0.15, -0.1) is 10.2 Å². The van der Waals surface area contributed by atoms with Crippen LogP contribution in [0.25, 0.3) is 0 Å². The Morgan fingerprint density at radius 2 is 2.24 bits per heavy atom. The van der Waals surface area contributed by atoms with Crippen LogP contribution < -0.4 is 9.64 Å². The maximum Gasteiger partial charge on any atom is 0.341 e. The van der Waals surface area contributed by atoms with Gasteiger partial charge in [0, 0.05) is 19.2 Å². The van der Waals surface area contributed by atoms with Gasteiger partial charge < -0.3 is 19.8 Å². The molecule has 0 fully saturated rings. The smallest absolute Gasteiger partial charge is 0.341 e. The van der Waals surface area contributed by atoms with Gasteiger partial charge in [-0.05, 0) is 13.0 Å². The molecule has 1 heterocycles. The van der Waals surface area contributed by atoms with Crippen LogP contribution in [0.4, 0.5) is 5.82 Å². The van der Waals surface area contributed by atoms with Crippen molar-refractivity contribution in [2.45, 2.75) is 6.92 Å². The molecule has 0 aliphatic heterocycles. The topological polar surface area (TPSA) is 95.8 Å². The maximum atomic E-state index is 10.3. The van der Waals surface area contributed by atoms with Crippen LogP contribution in [0.15, 0.2) is 12.1 Å². The molecule has 0 aliphatic carbocycles. The lowest BCUT2D eigenvalue weighted by atomic mass is 10.4. The Hall–Kier alpha value is -1.89. The number of hydrogen-bond donors (Lipinski definition) is 2. The van der Waals surface area contributed by atoms with E-state index in [9.17, 15) is 4.79 Å². The zero-order valence-electron chi connectivity index (χ0n) is 9.54. The molecule has 0 spiro atoms. The van der Waals surface area contributed by atoms with Crippen molar-refractivity contribution < 1.29 is 19.7 Å². The predicted octanol–water partition coefficient (Wildman–Crippen LogP) is -0.241. The second-order valence-corrected chi connectivity index (χ2v) is 3.22. The standard InChI is InChI=1S/C10H15N3O4/c1-2-13(5-6-14)8-3-4-9(12-11-8)17-7-10(15)16/h3-4,14H,2,5-7H2,1H3,(H,15,16). The van der Waals surface area contributed by atoms with E-state index in [1.54, 1.807) is 12.1 Å². The van der Waals surface area contributed by atoms with Crippen LogP contribution in [0, 0.1) is 0 Å². The summed E-state index contributed by atoms with van der Waals surface area (Å²) in [4.78, 5) is 12.1. The maximum absolute atomic E-state index is 10.3. The number of aliphatic hydroxyl groups is 1. The normalized spacial score (nSPS) is 10.0. The molecular formula is C10H15N3O4. The monoisotopic (exact) mass is 241 g/mol. The highest BCUT2D eigenvalue weighted by molar-refractivity contribution is 5.68. The first-order chi connectivity index (χ1) is 8.17. The number of carboxylic acid groups (broad SMARTS) is 1. The molecule has 0 aliphatic rings. The highest BCUT2D eigenvalue weighted by Crippen LogP contribution is 2.12. The van der Waals surface area contributed by atoms with Gasteiger partial charge >= 0.3 is 5.97 Å². The highest BCUT2D eigenvalue weighted by Gasteiger charge is 2.07. The van der Waals surface area contributed by atoms with Gasteiger partial charge in [0.1, 0.15) is 0 Å². The van der Waals surface area contributed by atoms with Crippen molar-refractivity contribution in [2.75, 3.05) is 31.2 Å². The van der Waals surface area contributed by atoms with Crippen LogP contribution in [-0.4, -0.2) is 52.7 Å². The zero-order valence-corrected chi connectivity index (χ0v) is 9.54. The van der Waals surface area contributed by atoms with E-state index in [1.165, 1.54) is 0 Å². The first-order valence-electron chi connectivity index (χ1n) is 5.21. The van der Waals surface area contributed by atoms with E-state index in [4.69, 9.17) is 14.9 Å². The minimum absolute atomic E-state index is 0.0345. The number of rotatable bonds is 7. The van der Waals surface area contributed by atoms with Gasteiger partial charge in [0.05, 0.1) is 6.61 Å². The summed E-state index contributed by atoms with van der Waals surface area (Å²) < 4.78 is 4.85. The van der Waals surface area contributed by atoms with Crippen LogP contribution >= 0.6 is 0 Å². The number of aliphatic hydroxyl groups excluding tert-OH is 1. The van der Waals surface area contributed by atoms with Gasteiger partial charge in [-0.25, -0.2) is 4.79 Å². The van der Waals surface area contributed by atoms with E-state index in [2.05, 4.69) is 10.2 Å². The Labute approximate surface area is 98.7 Å². The van der Waals surface area contributed by atoms with E-state index in [0.29, 0.717) is 18.9 Å². The van der Waals surface area contributed by atoms with E-state index < -0.39 is 12.6 Å². The van der Waals surface area contributed by atoms with Crippen molar-refractivity contribution in [1.82, 2.24) is 10.2 Å². The third kappa shape index (κ3) is 4.23. The number of hydrogen-bond acceptors (Lipinski definition) is 6. The summed E-state index contributed by atoms with van der Waals surface area (Å²) in [6.45, 7) is 2.70. The first kappa shape index (κ1) is 13.2. The fourth-order valence-corrected chi connectivity index (χ4v) is 1.25. The average molecular weight is 241 g/mol. The fourth-order valence-electron chi connectivity index (χ4n) is 1.25. The number of ether oxygens (including phenoxy) is 1. The second kappa shape index (κ2) is 6.64. The summed E-state index contributed by atoms with van der Waals surface area (Å²) in [7, 11) is 0. The van der Waals surface area contributed by atoms with Crippen molar-refractivity contribution >= 4 is 11.8 Å². The molecule has 2 N–H and O–H groups in total. The van der Waals surface area contributed by atoms with Crippen molar-refractivity contribution in [3.05, 3.63) is 12.1 Å². The summed E-state index contributed by atoms with van der Waals surface area (Å²) in [6.07, 6.45) is 0. The first-order valence-corrected chi connectivity index (χ1v) is 5.21. The molecule has 0 aromatic carbocycles. The molecular weight excluding hydrogens is 226 g/mol. The van der Waals surface area contributed by atoms with Gasteiger partial charge in [0.15, 0.2) is 12.4 Å². The van der Waals surface area contributed by atoms with E-state index in [-0.39, 0.29) is 12.5 Å². The van der Waals surface area contributed by atoms with E-state index >= 15 is 0 Å². The Morgan fingerprint density at radius 1 is 1.47 bits per heavy atom. The molecule has 94 valence electrons. The van der Waals surface area contributed by atoms with Crippen LogP contribution in [0.5, 0.6) is 5.88 Å². The van der Waals surface area contributed by atoms with Crippen LogP contribution in [0.2, 0.25) is 0 Å². The van der Waals surface area contributed by atoms with Gasteiger partial charge in [-0.2, -0.15) is 0 Å². The SMILES string of the molecule is CCN(CCO)c1ccc(OCC(=O)O)nn1. The molecule has 1 aromatic heterocycles.